The molecule has 0 spiro atoms. The highest BCUT2D eigenvalue weighted by Gasteiger charge is 2.23. The van der Waals surface area contributed by atoms with Crippen molar-refractivity contribution in [2.75, 3.05) is 4.72 Å². The van der Waals surface area contributed by atoms with E-state index < -0.39 is 10.0 Å². The van der Waals surface area contributed by atoms with Crippen LogP contribution in [-0.4, -0.2) is 28.2 Å². The van der Waals surface area contributed by atoms with Crippen LogP contribution in [0.25, 0.3) is 0 Å². The first-order chi connectivity index (χ1) is 13.9. The minimum Gasteiger partial charge on any atom is -0.439 e. The van der Waals surface area contributed by atoms with Gasteiger partial charge in [-0.2, -0.15) is 10.1 Å². The molecule has 8 nitrogen and oxygen atoms in total. The van der Waals surface area contributed by atoms with E-state index in [-0.39, 0.29) is 16.8 Å². The van der Waals surface area contributed by atoms with Crippen molar-refractivity contribution < 1.29 is 13.2 Å². The Morgan fingerprint density at radius 1 is 1.17 bits per heavy atom. The lowest BCUT2D eigenvalue weighted by Crippen LogP contribution is -2.16. The van der Waals surface area contributed by atoms with Gasteiger partial charge in [0.05, 0.1) is 11.9 Å². The first kappa shape index (κ1) is 19.4. The van der Waals surface area contributed by atoms with Crippen LogP contribution >= 0.6 is 0 Å². The fourth-order valence-corrected chi connectivity index (χ4v) is 4.40. The second-order valence-corrected chi connectivity index (χ2v) is 8.94. The number of anilines is 1. The number of aryl methyl sites for hydroxylation is 2. The number of hydrogen-bond acceptors (Lipinski definition) is 6. The standard InChI is InChI=1S/C20H23N5O3S/c1-14-7-3-6-10-18(14)28-19-11-17(15-8-4-5-9-15)22-20(23-19)24-29(26,27)16-12-21-25(2)13-16/h3,6-7,10-13,15H,4-5,8-9H2,1-2H3,(H,22,23,24). The Hall–Kier alpha value is -2.94. The van der Waals surface area contributed by atoms with Crippen LogP contribution in [0.4, 0.5) is 5.95 Å². The molecule has 4 rings (SSSR count). The van der Waals surface area contributed by atoms with Crippen LogP contribution < -0.4 is 9.46 Å². The summed E-state index contributed by atoms with van der Waals surface area (Å²) in [5.74, 6) is 1.27. The number of sulfonamides is 1. The van der Waals surface area contributed by atoms with Crippen LogP contribution in [0.1, 0.15) is 42.9 Å². The molecule has 0 amide bonds. The second kappa shape index (κ2) is 7.82. The van der Waals surface area contributed by atoms with Crippen LogP contribution in [0.5, 0.6) is 11.6 Å². The van der Waals surface area contributed by atoms with Gasteiger partial charge in [0.1, 0.15) is 10.6 Å². The van der Waals surface area contributed by atoms with Crippen molar-refractivity contribution in [2.24, 2.45) is 7.05 Å². The van der Waals surface area contributed by atoms with E-state index in [0.29, 0.717) is 11.6 Å². The molecule has 0 bridgehead atoms. The lowest BCUT2D eigenvalue weighted by Gasteiger charge is -2.14. The van der Waals surface area contributed by atoms with E-state index in [0.717, 1.165) is 36.9 Å². The summed E-state index contributed by atoms with van der Waals surface area (Å²) < 4.78 is 35.2. The average molecular weight is 414 g/mol. The molecule has 9 heteroatoms. The molecule has 1 aromatic carbocycles. The Morgan fingerprint density at radius 3 is 2.62 bits per heavy atom. The molecular formula is C20H23N5O3S. The predicted molar refractivity (Wildman–Crippen MR) is 109 cm³/mol. The van der Waals surface area contributed by atoms with E-state index in [9.17, 15) is 8.42 Å². The summed E-state index contributed by atoms with van der Waals surface area (Å²) in [4.78, 5) is 8.85. The highest BCUT2D eigenvalue weighted by molar-refractivity contribution is 7.92. The van der Waals surface area contributed by atoms with Gasteiger partial charge in [0.25, 0.3) is 10.0 Å². The Kier molecular flexibility index (Phi) is 5.23. The predicted octanol–water partition coefficient (Wildman–Crippen LogP) is 3.77. The summed E-state index contributed by atoms with van der Waals surface area (Å²) >= 11 is 0. The van der Waals surface area contributed by atoms with Crippen LogP contribution in [-0.2, 0) is 17.1 Å². The van der Waals surface area contributed by atoms with Gasteiger partial charge < -0.3 is 4.74 Å². The highest BCUT2D eigenvalue weighted by Crippen LogP contribution is 2.35. The van der Waals surface area contributed by atoms with Gasteiger partial charge in [-0.25, -0.2) is 18.1 Å². The van der Waals surface area contributed by atoms with Crippen molar-refractivity contribution in [1.29, 1.82) is 0 Å². The maximum absolute atomic E-state index is 12.7. The maximum atomic E-state index is 12.7. The molecule has 0 radical (unpaired) electrons. The second-order valence-electron chi connectivity index (χ2n) is 7.26. The zero-order valence-corrected chi connectivity index (χ0v) is 17.2. The normalized spacial score (nSPS) is 14.8. The molecule has 152 valence electrons. The SMILES string of the molecule is Cc1ccccc1Oc1cc(C2CCCC2)nc(NS(=O)(=O)c2cnn(C)c2)n1. The van der Waals surface area contributed by atoms with Crippen LogP contribution in [0.2, 0.25) is 0 Å². The third-order valence-corrected chi connectivity index (χ3v) is 6.30. The van der Waals surface area contributed by atoms with E-state index in [1.165, 1.54) is 17.1 Å². The first-order valence-electron chi connectivity index (χ1n) is 9.55. The molecule has 0 aliphatic heterocycles. The molecule has 0 unspecified atom stereocenters. The molecule has 1 aliphatic rings. The summed E-state index contributed by atoms with van der Waals surface area (Å²) in [6, 6.07) is 9.42. The van der Waals surface area contributed by atoms with Crippen molar-refractivity contribution in [2.45, 2.75) is 43.4 Å². The Bertz CT molecular complexity index is 1120. The zero-order valence-electron chi connectivity index (χ0n) is 16.4. The van der Waals surface area contributed by atoms with Gasteiger partial charge in [-0.05, 0) is 31.4 Å². The molecule has 1 fully saturated rings. The third-order valence-electron chi connectivity index (χ3n) is 5.02. The molecule has 29 heavy (non-hydrogen) atoms. The van der Waals surface area contributed by atoms with Gasteiger partial charge in [-0.1, -0.05) is 31.0 Å². The zero-order chi connectivity index (χ0) is 20.4. The third kappa shape index (κ3) is 4.40. The molecule has 0 atom stereocenters. The molecule has 0 saturated heterocycles. The van der Waals surface area contributed by atoms with Gasteiger partial charge in [0.2, 0.25) is 11.8 Å². The first-order valence-corrected chi connectivity index (χ1v) is 11.0. The van der Waals surface area contributed by atoms with Crippen LogP contribution in [0, 0.1) is 6.92 Å². The van der Waals surface area contributed by atoms with E-state index in [2.05, 4.69) is 19.8 Å². The number of para-hydroxylation sites is 1. The number of benzene rings is 1. The number of ether oxygens (including phenoxy) is 1. The fraction of sp³-hybridized carbons (Fsp3) is 0.350. The quantitative estimate of drug-likeness (QED) is 0.660. The van der Waals surface area contributed by atoms with Gasteiger partial charge in [-0.15, -0.1) is 0 Å². The number of aromatic nitrogens is 4. The summed E-state index contributed by atoms with van der Waals surface area (Å²) in [5, 5.41) is 3.92. The maximum Gasteiger partial charge on any atom is 0.267 e. The minimum atomic E-state index is -3.84. The Morgan fingerprint density at radius 2 is 1.93 bits per heavy atom. The lowest BCUT2D eigenvalue weighted by atomic mass is 10.0. The molecule has 1 aliphatic carbocycles. The fourth-order valence-electron chi connectivity index (χ4n) is 3.47. The van der Waals surface area contributed by atoms with E-state index in [1.807, 2.05) is 37.3 Å². The molecule has 2 aromatic heterocycles. The molecule has 1 saturated carbocycles. The van der Waals surface area contributed by atoms with Gasteiger partial charge >= 0.3 is 0 Å². The van der Waals surface area contributed by atoms with Crippen molar-refractivity contribution in [3.8, 4) is 11.6 Å². The number of rotatable bonds is 6. The van der Waals surface area contributed by atoms with Crippen molar-refractivity contribution in [1.82, 2.24) is 19.7 Å². The highest BCUT2D eigenvalue weighted by atomic mass is 32.2. The van der Waals surface area contributed by atoms with E-state index in [4.69, 9.17) is 4.74 Å². The van der Waals surface area contributed by atoms with Gasteiger partial charge in [0, 0.05) is 25.2 Å². The van der Waals surface area contributed by atoms with E-state index >= 15 is 0 Å². The topological polar surface area (TPSA) is 99.0 Å². The number of nitrogens with zero attached hydrogens (tertiary/aromatic N) is 4. The molecule has 1 N–H and O–H groups in total. The van der Waals surface area contributed by atoms with Gasteiger partial charge in [-0.3, -0.25) is 4.68 Å². The summed E-state index contributed by atoms with van der Waals surface area (Å²) in [6.07, 6.45) is 7.03. The summed E-state index contributed by atoms with van der Waals surface area (Å²) in [6.45, 7) is 1.94. The largest absolute Gasteiger partial charge is 0.439 e. The van der Waals surface area contributed by atoms with Crippen LogP contribution in [0.3, 0.4) is 0 Å². The molecule has 2 heterocycles. The number of hydrogen-bond donors (Lipinski definition) is 1. The van der Waals surface area contributed by atoms with Crippen LogP contribution in [0.15, 0.2) is 47.6 Å². The smallest absolute Gasteiger partial charge is 0.267 e. The Balaban J connectivity index is 1.68. The van der Waals surface area contributed by atoms with Crippen molar-refractivity contribution in [3.05, 3.63) is 54.0 Å². The molecule has 3 aromatic rings. The van der Waals surface area contributed by atoms with Crippen molar-refractivity contribution in [3.63, 3.8) is 0 Å². The van der Waals surface area contributed by atoms with Gasteiger partial charge in [0.15, 0.2) is 0 Å². The van der Waals surface area contributed by atoms with Crippen molar-refractivity contribution >= 4 is 16.0 Å². The minimum absolute atomic E-state index is 0.00170. The average Bonchev–Trinajstić information content (AvgIpc) is 3.35. The molecular weight excluding hydrogens is 390 g/mol. The summed E-state index contributed by atoms with van der Waals surface area (Å²) in [7, 11) is -2.19. The monoisotopic (exact) mass is 413 g/mol. The number of nitrogens with one attached hydrogen (secondary N) is 1. The lowest BCUT2D eigenvalue weighted by molar-refractivity contribution is 0.456. The van der Waals surface area contributed by atoms with E-state index in [1.54, 1.807) is 7.05 Å². The Labute approximate surface area is 170 Å². The summed E-state index contributed by atoms with van der Waals surface area (Å²) in [5.41, 5.74) is 1.76.